The molecule has 1 saturated carbocycles. The molecule has 3 nitrogen and oxygen atoms in total. The van der Waals surface area contributed by atoms with Gasteiger partial charge < -0.3 is 0 Å². The van der Waals surface area contributed by atoms with Crippen molar-refractivity contribution in [2.24, 2.45) is 5.92 Å². The normalized spacial score (nSPS) is 24.3. The monoisotopic (exact) mass is 327 g/mol. The first kappa shape index (κ1) is 14.6. The lowest BCUT2D eigenvalue weighted by atomic mass is 9.85. The van der Waals surface area contributed by atoms with Crippen LogP contribution in [0.1, 0.15) is 18.4 Å². The molecule has 0 radical (unpaired) electrons. The third kappa shape index (κ3) is 2.85. The molecule has 18 heavy (non-hydrogen) atoms. The molecule has 2 rings (SSSR count). The molecule has 1 aliphatic carbocycles. The van der Waals surface area contributed by atoms with Crippen molar-refractivity contribution in [3.63, 3.8) is 0 Å². The van der Waals surface area contributed by atoms with Crippen molar-refractivity contribution in [2.45, 2.75) is 29.4 Å². The zero-order valence-corrected chi connectivity index (χ0v) is 13.3. The Bertz CT molecular complexity index is 516. The Morgan fingerprint density at radius 1 is 1.50 bits per heavy atom. The Labute approximate surface area is 122 Å². The molecule has 1 aliphatic rings. The van der Waals surface area contributed by atoms with E-state index in [2.05, 4.69) is 0 Å². The number of nitrogens with zero attached hydrogens (tertiary/aromatic N) is 1. The molecule has 0 bridgehead atoms. The lowest BCUT2D eigenvalue weighted by molar-refractivity contribution is 0.269. The van der Waals surface area contributed by atoms with Crippen molar-refractivity contribution in [2.75, 3.05) is 13.6 Å². The van der Waals surface area contributed by atoms with Crippen LogP contribution in [0, 0.1) is 12.8 Å². The molecule has 1 fully saturated rings. The average molecular weight is 328 g/mol. The van der Waals surface area contributed by atoms with Gasteiger partial charge in [-0.2, -0.15) is 4.31 Å². The van der Waals surface area contributed by atoms with Crippen molar-refractivity contribution in [3.05, 3.63) is 16.0 Å². The summed E-state index contributed by atoms with van der Waals surface area (Å²) in [5, 5.41) is 0.213. The van der Waals surface area contributed by atoms with E-state index in [1.165, 1.54) is 4.31 Å². The molecular formula is C11H15Cl2NO2S2. The maximum atomic E-state index is 12.3. The van der Waals surface area contributed by atoms with E-state index in [1.807, 2.05) is 6.92 Å². The predicted molar refractivity (Wildman–Crippen MR) is 76.2 cm³/mol. The standard InChI is InChI=1S/C11H15Cl2NO2S2/c1-7-3-10(17-11(7)13)18(15,16)14(2)6-8-4-9(12)5-8/h3,8-9H,4-6H2,1-2H3. The van der Waals surface area contributed by atoms with Gasteiger partial charge in [-0.15, -0.1) is 22.9 Å². The summed E-state index contributed by atoms with van der Waals surface area (Å²) >= 11 is 12.9. The highest BCUT2D eigenvalue weighted by atomic mass is 35.5. The van der Waals surface area contributed by atoms with Crippen LogP contribution < -0.4 is 0 Å². The van der Waals surface area contributed by atoms with Crippen LogP contribution in [0.2, 0.25) is 4.34 Å². The van der Waals surface area contributed by atoms with E-state index in [1.54, 1.807) is 13.1 Å². The van der Waals surface area contributed by atoms with Gasteiger partial charge in [0.2, 0.25) is 0 Å². The highest BCUT2D eigenvalue weighted by Crippen LogP contribution is 2.35. The zero-order valence-electron chi connectivity index (χ0n) is 10.2. The molecule has 1 aromatic rings. The molecule has 0 atom stereocenters. The zero-order chi connectivity index (χ0) is 13.5. The summed E-state index contributed by atoms with van der Waals surface area (Å²) in [5.74, 6) is 0.379. The molecule has 0 N–H and O–H groups in total. The van der Waals surface area contributed by atoms with Crippen molar-refractivity contribution in [1.82, 2.24) is 4.31 Å². The SMILES string of the molecule is Cc1cc(S(=O)(=O)N(C)CC2CC(Cl)C2)sc1Cl. The van der Waals surface area contributed by atoms with Crippen molar-refractivity contribution >= 4 is 44.6 Å². The van der Waals surface area contributed by atoms with Crippen LogP contribution in [0.15, 0.2) is 10.3 Å². The van der Waals surface area contributed by atoms with E-state index in [9.17, 15) is 8.42 Å². The summed E-state index contributed by atoms with van der Waals surface area (Å²) in [6, 6.07) is 1.63. The van der Waals surface area contributed by atoms with Crippen molar-refractivity contribution in [1.29, 1.82) is 0 Å². The average Bonchev–Trinajstić information content (AvgIpc) is 2.57. The minimum atomic E-state index is -3.41. The Kier molecular flexibility index (Phi) is 4.29. The van der Waals surface area contributed by atoms with Crippen molar-refractivity contribution < 1.29 is 8.42 Å². The first-order valence-electron chi connectivity index (χ1n) is 5.67. The Morgan fingerprint density at radius 3 is 2.56 bits per heavy atom. The Hall–Kier alpha value is 0.190. The number of aryl methyl sites for hydroxylation is 1. The van der Waals surface area contributed by atoms with Crippen LogP contribution in [0.3, 0.4) is 0 Å². The highest BCUT2D eigenvalue weighted by Gasteiger charge is 2.32. The third-order valence-corrected chi connectivity index (χ3v) is 7.38. The first-order valence-corrected chi connectivity index (χ1v) is 8.74. The minimum absolute atomic E-state index is 0.213. The molecule has 102 valence electrons. The molecule has 1 heterocycles. The summed E-state index contributed by atoms with van der Waals surface area (Å²) in [5.41, 5.74) is 0.804. The smallest absolute Gasteiger partial charge is 0.206 e. The fourth-order valence-electron chi connectivity index (χ4n) is 1.98. The van der Waals surface area contributed by atoms with Crippen LogP contribution >= 0.6 is 34.5 Å². The number of sulfonamides is 1. The van der Waals surface area contributed by atoms with E-state index < -0.39 is 10.0 Å². The number of hydrogen-bond acceptors (Lipinski definition) is 3. The second-order valence-electron chi connectivity index (χ2n) is 4.74. The van der Waals surface area contributed by atoms with Gasteiger partial charge in [0, 0.05) is 19.0 Å². The van der Waals surface area contributed by atoms with Gasteiger partial charge in [0.1, 0.15) is 4.21 Å². The van der Waals surface area contributed by atoms with Gasteiger partial charge in [-0.25, -0.2) is 8.42 Å². The van der Waals surface area contributed by atoms with Gasteiger partial charge in [-0.05, 0) is 37.3 Å². The fourth-order valence-corrected chi connectivity index (χ4v) is 5.65. The number of rotatable bonds is 4. The van der Waals surface area contributed by atoms with Gasteiger partial charge in [0.15, 0.2) is 0 Å². The summed E-state index contributed by atoms with van der Waals surface area (Å²) in [7, 11) is -1.79. The lowest BCUT2D eigenvalue weighted by Gasteiger charge is -2.33. The van der Waals surface area contributed by atoms with Gasteiger partial charge in [-0.1, -0.05) is 11.6 Å². The van der Waals surface area contributed by atoms with Crippen LogP contribution in [-0.4, -0.2) is 31.7 Å². The van der Waals surface area contributed by atoms with E-state index in [0.29, 0.717) is 21.0 Å². The van der Waals surface area contributed by atoms with Crippen LogP contribution in [-0.2, 0) is 10.0 Å². The van der Waals surface area contributed by atoms with Gasteiger partial charge in [-0.3, -0.25) is 0 Å². The molecule has 0 aliphatic heterocycles. The summed E-state index contributed by atoms with van der Waals surface area (Å²) < 4.78 is 26.9. The largest absolute Gasteiger partial charge is 0.252 e. The van der Waals surface area contributed by atoms with Crippen LogP contribution in [0.5, 0.6) is 0 Å². The molecule has 0 unspecified atom stereocenters. The second-order valence-corrected chi connectivity index (χ2v) is 9.29. The fraction of sp³-hybridized carbons (Fsp3) is 0.636. The summed E-state index contributed by atoms with van der Waals surface area (Å²) in [6.07, 6.45) is 1.79. The molecule has 0 spiro atoms. The third-order valence-electron chi connectivity index (χ3n) is 3.19. The summed E-state index contributed by atoms with van der Waals surface area (Å²) in [4.78, 5) is 0. The Morgan fingerprint density at radius 2 is 2.11 bits per heavy atom. The quantitative estimate of drug-likeness (QED) is 0.795. The highest BCUT2D eigenvalue weighted by molar-refractivity contribution is 7.91. The molecule has 0 aromatic carbocycles. The van der Waals surface area contributed by atoms with Gasteiger partial charge in [0.25, 0.3) is 10.0 Å². The van der Waals surface area contributed by atoms with Crippen molar-refractivity contribution in [3.8, 4) is 0 Å². The van der Waals surface area contributed by atoms with E-state index in [-0.39, 0.29) is 5.38 Å². The number of hydrogen-bond donors (Lipinski definition) is 0. The number of thiophene rings is 1. The molecule has 7 heteroatoms. The van der Waals surface area contributed by atoms with E-state index in [0.717, 1.165) is 29.7 Å². The topological polar surface area (TPSA) is 37.4 Å². The summed E-state index contributed by atoms with van der Waals surface area (Å²) in [6.45, 7) is 2.34. The predicted octanol–water partition coefficient (Wildman–Crippen LogP) is 3.35. The Balaban J connectivity index is 2.10. The molecule has 0 saturated heterocycles. The first-order chi connectivity index (χ1) is 8.30. The molecule has 0 amide bonds. The van der Waals surface area contributed by atoms with Crippen LogP contribution in [0.4, 0.5) is 0 Å². The second kappa shape index (κ2) is 5.29. The lowest BCUT2D eigenvalue weighted by Crippen LogP contribution is -2.37. The molecule has 1 aromatic heterocycles. The number of alkyl halides is 1. The van der Waals surface area contributed by atoms with Gasteiger partial charge >= 0.3 is 0 Å². The van der Waals surface area contributed by atoms with E-state index in [4.69, 9.17) is 23.2 Å². The number of halogens is 2. The van der Waals surface area contributed by atoms with Gasteiger partial charge in [0.05, 0.1) is 4.34 Å². The minimum Gasteiger partial charge on any atom is -0.206 e. The maximum absolute atomic E-state index is 12.3. The maximum Gasteiger partial charge on any atom is 0.252 e. The molecular weight excluding hydrogens is 313 g/mol. The van der Waals surface area contributed by atoms with Crippen LogP contribution in [0.25, 0.3) is 0 Å². The van der Waals surface area contributed by atoms with E-state index >= 15 is 0 Å².